The van der Waals surface area contributed by atoms with E-state index >= 15 is 0 Å². The minimum atomic E-state index is -0.502. The molecule has 0 saturated heterocycles. The summed E-state index contributed by atoms with van der Waals surface area (Å²) >= 11 is 5.94. The highest BCUT2D eigenvalue weighted by Gasteiger charge is 2.52. The van der Waals surface area contributed by atoms with Crippen molar-refractivity contribution >= 4 is 23.4 Å². The Hall–Kier alpha value is -1.55. The van der Waals surface area contributed by atoms with Crippen molar-refractivity contribution in [2.75, 3.05) is 0 Å². The van der Waals surface area contributed by atoms with Gasteiger partial charge < -0.3 is 11.1 Å². The molecule has 25 heavy (non-hydrogen) atoms. The van der Waals surface area contributed by atoms with Crippen LogP contribution in [0.2, 0.25) is 5.02 Å². The number of hydrogen-bond donors (Lipinski definition) is 2. The van der Waals surface area contributed by atoms with Crippen molar-refractivity contribution in [2.45, 2.75) is 64.3 Å². The molecule has 0 aliphatic heterocycles. The van der Waals surface area contributed by atoms with E-state index in [-0.39, 0.29) is 22.8 Å². The Balaban J connectivity index is 1.65. The molecular weight excluding hydrogens is 336 g/mol. The van der Waals surface area contributed by atoms with Gasteiger partial charge in [-0.2, -0.15) is 0 Å². The van der Waals surface area contributed by atoms with E-state index in [4.69, 9.17) is 17.3 Å². The lowest BCUT2D eigenvalue weighted by Crippen LogP contribution is -2.61. The van der Waals surface area contributed by atoms with Crippen molar-refractivity contribution in [2.24, 2.45) is 16.6 Å². The fourth-order valence-electron chi connectivity index (χ4n) is 4.35. The van der Waals surface area contributed by atoms with E-state index in [1.165, 1.54) is 0 Å². The van der Waals surface area contributed by atoms with Gasteiger partial charge in [-0.05, 0) is 62.6 Å². The van der Waals surface area contributed by atoms with Crippen molar-refractivity contribution in [3.05, 3.63) is 34.9 Å². The van der Waals surface area contributed by atoms with Crippen LogP contribution in [0.1, 0.15) is 57.9 Å². The van der Waals surface area contributed by atoms with Crippen molar-refractivity contribution in [1.82, 2.24) is 5.32 Å². The number of halogens is 1. The summed E-state index contributed by atoms with van der Waals surface area (Å²) in [6.45, 7) is 3.96. The summed E-state index contributed by atoms with van der Waals surface area (Å²) in [6, 6.07) is 7.65. The standard InChI is InChI=1S/C20H27ClN2O2/c1-18(2,13-14-3-5-15(21)6-4-14)17(25)23-20-10-7-19(8-11-20,9-12-20)16(22)24/h3-6H,7-13H2,1-2H3,(H2,22,24)(H,23,25). The van der Waals surface area contributed by atoms with E-state index in [0.29, 0.717) is 11.4 Å². The molecule has 4 rings (SSSR count). The molecule has 0 radical (unpaired) electrons. The van der Waals surface area contributed by atoms with Gasteiger partial charge in [0.05, 0.1) is 0 Å². The number of rotatable bonds is 5. The molecule has 3 saturated carbocycles. The highest BCUT2D eigenvalue weighted by Crippen LogP contribution is 2.52. The number of carbonyl (C=O) groups is 2. The first kappa shape index (κ1) is 18.2. The van der Waals surface area contributed by atoms with Gasteiger partial charge in [0.15, 0.2) is 0 Å². The molecule has 136 valence electrons. The maximum atomic E-state index is 13.0. The smallest absolute Gasteiger partial charge is 0.226 e. The summed E-state index contributed by atoms with van der Waals surface area (Å²) in [5.41, 5.74) is 5.72. The van der Waals surface area contributed by atoms with Crippen LogP contribution in [-0.2, 0) is 16.0 Å². The Bertz CT molecular complexity index is 657. The number of amides is 2. The van der Waals surface area contributed by atoms with Gasteiger partial charge in [-0.25, -0.2) is 0 Å². The van der Waals surface area contributed by atoms with Crippen molar-refractivity contribution in [3.63, 3.8) is 0 Å². The molecule has 2 amide bonds. The lowest BCUT2D eigenvalue weighted by atomic mass is 9.57. The summed E-state index contributed by atoms with van der Waals surface area (Å²) < 4.78 is 0. The molecule has 3 aliphatic carbocycles. The van der Waals surface area contributed by atoms with Crippen LogP contribution in [-0.4, -0.2) is 17.4 Å². The van der Waals surface area contributed by atoms with Gasteiger partial charge in [0.2, 0.25) is 11.8 Å². The van der Waals surface area contributed by atoms with E-state index in [1.54, 1.807) is 0 Å². The second-order valence-electron chi connectivity index (χ2n) is 8.57. The number of benzene rings is 1. The Morgan fingerprint density at radius 2 is 1.60 bits per heavy atom. The highest BCUT2D eigenvalue weighted by atomic mass is 35.5. The molecule has 1 aromatic rings. The van der Waals surface area contributed by atoms with E-state index in [2.05, 4.69) is 5.32 Å². The maximum absolute atomic E-state index is 13.0. The van der Waals surface area contributed by atoms with E-state index in [0.717, 1.165) is 44.1 Å². The minimum Gasteiger partial charge on any atom is -0.369 e. The van der Waals surface area contributed by atoms with Gasteiger partial charge in [-0.1, -0.05) is 37.6 Å². The molecule has 0 spiro atoms. The van der Waals surface area contributed by atoms with Gasteiger partial charge in [0.1, 0.15) is 0 Å². The monoisotopic (exact) mass is 362 g/mol. The first-order valence-electron chi connectivity index (χ1n) is 9.04. The number of hydrogen-bond acceptors (Lipinski definition) is 2. The largest absolute Gasteiger partial charge is 0.369 e. The van der Waals surface area contributed by atoms with Crippen LogP contribution < -0.4 is 11.1 Å². The van der Waals surface area contributed by atoms with Crippen molar-refractivity contribution < 1.29 is 9.59 Å². The molecule has 0 unspecified atom stereocenters. The van der Waals surface area contributed by atoms with Gasteiger partial charge in [-0.3, -0.25) is 9.59 Å². The van der Waals surface area contributed by atoms with Crippen molar-refractivity contribution in [1.29, 1.82) is 0 Å². The number of nitrogens with two attached hydrogens (primary N) is 1. The SMILES string of the molecule is CC(C)(Cc1ccc(Cl)cc1)C(=O)NC12CCC(C(N)=O)(CC1)CC2. The third-order valence-corrected chi connectivity index (χ3v) is 6.57. The molecular formula is C20H27ClN2O2. The molecule has 5 heteroatoms. The zero-order chi connectivity index (χ0) is 18.3. The second kappa shape index (κ2) is 6.31. The number of carbonyl (C=O) groups excluding carboxylic acids is 2. The van der Waals surface area contributed by atoms with Crippen LogP contribution in [0, 0.1) is 10.8 Å². The van der Waals surface area contributed by atoms with Gasteiger partial charge in [0, 0.05) is 21.4 Å². The zero-order valence-corrected chi connectivity index (χ0v) is 15.8. The summed E-state index contributed by atoms with van der Waals surface area (Å²) in [6.07, 6.45) is 5.58. The molecule has 0 heterocycles. The normalized spacial score (nSPS) is 28.6. The second-order valence-corrected chi connectivity index (χ2v) is 9.00. The zero-order valence-electron chi connectivity index (χ0n) is 15.0. The van der Waals surface area contributed by atoms with Crippen LogP contribution in [0.3, 0.4) is 0 Å². The Kier molecular flexibility index (Phi) is 4.61. The number of nitrogens with one attached hydrogen (secondary N) is 1. The lowest BCUT2D eigenvalue weighted by Gasteiger charge is -2.52. The van der Waals surface area contributed by atoms with Gasteiger partial charge in [0.25, 0.3) is 0 Å². The van der Waals surface area contributed by atoms with E-state index in [1.807, 2.05) is 38.1 Å². The van der Waals surface area contributed by atoms with E-state index in [9.17, 15) is 9.59 Å². The van der Waals surface area contributed by atoms with E-state index < -0.39 is 5.41 Å². The molecule has 0 atom stereocenters. The third kappa shape index (κ3) is 3.55. The van der Waals surface area contributed by atoms with Crippen LogP contribution in [0.15, 0.2) is 24.3 Å². The maximum Gasteiger partial charge on any atom is 0.226 e. The predicted octanol–water partition coefficient (Wildman–Crippen LogP) is 3.60. The summed E-state index contributed by atoms with van der Waals surface area (Å²) in [4.78, 5) is 24.7. The fourth-order valence-corrected chi connectivity index (χ4v) is 4.47. The Morgan fingerprint density at radius 1 is 1.08 bits per heavy atom. The molecule has 0 aromatic heterocycles. The highest BCUT2D eigenvalue weighted by molar-refractivity contribution is 6.30. The Labute approximate surface area is 154 Å². The van der Waals surface area contributed by atoms with Crippen LogP contribution in [0.5, 0.6) is 0 Å². The average molecular weight is 363 g/mol. The molecule has 3 aliphatic rings. The quantitative estimate of drug-likeness (QED) is 0.839. The average Bonchev–Trinajstić information content (AvgIpc) is 2.58. The number of fused-ring (bicyclic) bond motifs is 3. The summed E-state index contributed by atoms with van der Waals surface area (Å²) in [5.74, 6) is -0.0916. The molecule has 1 aromatic carbocycles. The number of primary amides is 1. The molecule has 2 bridgehead atoms. The summed E-state index contributed by atoms with van der Waals surface area (Å²) in [5, 5.41) is 4.03. The summed E-state index contributed by atoms with van der Waals surface area (Å²) in [7, 11) is 0. The first-order chi connectivity index (χ1) is 11.7. The lowest BCUT2D eigenvalue weighted by molar-refractivity contribution is -0.139. The van der Waals surface area contributed by atoms with Crippen LogP contribution in [0.25, 0.3) is 0 Å². The van der Waals surface area contributed by atoms with Gasteiger partial charge in [-0.15, -0.1) is 0 Å². The first-order valence-corrected chi connectivity index (χ1v) is 9.41. The van der Waals surface area contributed by atoms with Crippen LogP contribution >= 0.6 is 11.6 Å². The van der Waals surface area contributed by atoms with Crippen molar-refractivity contribution in [3.8, 4) is 0 Å². The molecule has 3 N–H and O–H groups in total. The molecule has 3 fully saturated rings. The van der Waals surface area contributed by atoms with Crippen LogP contribution in [0.4, 0.5) is 0 Å². The predicted molar refractivity (Wildman–Crippen MR) is 99.1 cm³/mol. The Morgan fingerprint density at radius 3 is 2.08 bits per heavy atom. The molecule has 4 nitrogen and oxygen atoms in total. The fraction of sp³-hybridized carbons (Fsp3) is 0.600. The third-order valence-electron chi connectivity index (χ3n) is 6.32. The van der Waals surface area contributed by atoms with Gasteiger partial charge >= 0.3 is 0 Å². The topological polar surface area (TPSA) is 72.2 Å². The minimum absolute atomic E-state index is 0.0796.